The molecule has 0 aliphatic carbocycles. The predicted octanol–water partition coefficient (Wildman–Crippen LogP) is 2.31. The molecule has 2 N–H and O–H groups in total. The van der Waals surface area contributed by atoms with Gasteiger partial charge in [-0.2, -0.15) is 5.10 Å². The highest BCUT2D eigenvalue weighted by Crippen LogP contribution is 2.21. The molecule has 0 atom stereocenters. The zero-order valence-electron chi connectivity index (χ0n) is 10.3. The first-order valence-electron chi connectivity index (χ1n) is 5.53. The molecule has 0 radical (unpaired) electrons. The summed E-state index contributed by atoms with van der Waals surface area (Å²) in [6.45, 7) is 0. The molecule has 0 saturated heterocycles. The molecule has 0 fully saturated rings. The van der Waals surface area contributed by atoms with Gasteiger partial charge < -0.3 is 9.52 Å². The van der Waals surface area contributed by atoms with Gasteiger partial charge in [0.1, 0.15) is 10.7 Å². The summed E-state index contributed by atoms with van der Waals surface area (Å²) in [7, 11) is 0. The van der Waals surface area contributed by atoms with E-state index in [9.17, 15) is 20.0 Å². The highest BCUT2D eigenvalue weighted by atomic mass is 35.5. The van der Waals surface area contributed by atoms with Gasteiger partial charge in [-0.25, -0.2) is 5.43 Å². The van der Waals surface area contributed by atoms with Gasteiger partial charge in [0.05, 0.1) is 17.8 Å². The number of aromatic hydroxyl groups is 1. The maximum atomic E-state index is 11.7. The number of nitrogens with one attached hydrogen (secondary N) is 1. The van der Waals surface area contributed by atoms with Crippen LogP contribution in [0, 0.1) is 10.1 Å². The minimum absolute atomic E-state index is 0.0509. The third-order valence-electron chi connectivity index (χ3n) is 2.35. The monoisotopic (exact) mass is 309 g/mol. The number of halogens is 1. The Morgan fingerprint density at radius 2 is 2.19 bits per heavy atom. The second-order valence-corrected chi connectivity index (χ2v) is 4.23. The van der Waals surface area contributed by atoms with Crippen molar-refractivity contribution in [1.82, 2.24) is 5.43 Å². The molecule has 8 nitrogen and oxygen atoms in total. The molecule has 1 amide bonds. The molecular weight excluding hydrogens is 302 g/mol. The van der Waals surface area contributed by atoms with Crippen molar-refractivity contribution in [3.63, 3.8) is 0 Å². The number of hydrogen-bond acceptors (Lipinski definition) is 6. The number of phenolic OH excluding ortho intramolecular Hbond substituents is 1. The van der Waals surface area contributed by atoms with E-state index in [1.54, 1.807) is 0 Å². The van der Waals surface area contributed by atoms with E-state index in [4.69, 9.17) is 16.0 Å². The zero-order chi connectivity index (χ0) is 15.4. The van der Waals surface area contributed by atoms with Crippen molar-refractivity contribution >= 4 is 29.6 Å². The minimum Gasteiger partial charge on any atom is -0.507 e. The Morgan fingerprint density at radius 3 is 2.86 bits per heavy atom. The predicted molar refractivity (Wildman–Crippen MR) is 73.5 cm³/mol. The van der Waals surface area contributed by atoms with Gasteiger partial charge in [-0.3, -0.25) is 14.9 Å². The molecule has 9 heteroatoms. The average Bonchev–Trinajstić information content (AvgIpc) is 2.90. The fourth-order valence-corrected chi connectivity index (χ4v) is 1.59. The third kappa shape index (κ3) is 3.57. The number of rotatable bonds is 4. The molecular formula is C12H8ClN3O5. The highest BCUT2D eigenvalue weighted by Gasteiger charge is 2.12. The van der Waals surface area contributed by atoms with E-state index in [1.807, 2.05) is 0 Å². The van der Waals surface area contributed by atoms with E-state index in [-0.39, 0.29) is 22.1 Å². The molecule has 0 unspecified atom stereocenters. The van der Waals surface area contributed by atoms with Crippen molar-refractivity contribution in [2.24, 2.45) is 5.10 Å². The molecule has 108 valence electrons. The van der Waals surface area contributed by atoms with E-state index in [0.717, 1.165) is 12.3 Å². The molecule has 1 heterocycles. The van der Waals surface area contributed by atoms with Crippen molar-refractivity contribution in [3.8, 4) is 5.75 Å². The van der Waals surface area contributed by atoms with Crippen LogP contribution in [0.15, 0.2) is 39.9 Å². The van der Waals surface area contributed by atoms with Crippen LogP contribution in [0.25, 0.3) is 0 Å². The molecule has 2 aromatic rings. The van der Waals surface area contributed by atoms with Crippen LogP contribution in [0.2, 0.25) is 5.02 Å². The van der Waals surface area contributed by atoms with Crippen molar-refractivity contribution in [3.05, 3.63) is 56.8 Å². The summed E-state index contributed by atoms with van der Waals surface area (Å²) in [5.41, 5.74) is 2.09. The first-order valence-corrected chi connectivity index (χ1v) is 5.91. The van der Waals surface area contributed by atoms with Crippen LogP contribution >= 0.6 is 11.6 Å². The fraction of sp³-hybridized carbons (Fsp3) is 0. The van der Waals surface area contributed by atoms with Gasteiger partial charge in [-0.05, 0) is 24.3 Å². The molecule has 0 aliphatic heterocycles. The summed E-state index contributed by atoms with van der Waals surface area (Å²) in [6.07, 6.45) is 1.09. The Labute approximate surface area is 122 Å². The summed E-state index contributed by atoms with van der Waals surface area (Å²) in [5.74, 6) is -1.28. The molecule has 1 aromatic heterocycles. The summed E-state index contributed by atoms with van der Waals surface area (Å²) in [5, 5.41) is 23.8. The van der Waals surface area contributed by atoms with Crippen molar-refractivity contribution in [2.75, 3.05) is 0 Å². The molecule has 2 rings (SSSR count). The van der Waals surface area contributed by atoms with Crippen LogP contribution in [-0.4, -0.2) is 22.2 Å². The molecule has 0 spiro atoms. The van der Waals surface area contributed by atoms with Crippen LogP contribution in [0.3, 0.4) is 0 Å². The lowest BCUT2D eigenvalue weighted by Gasteiger charge is -2.02. The number of hydrazone groups is 1. The topological polar surface area (TPSA) is 118 Å². The van der Waals surface area contributed by atoms with Crippen LogP contribution in [0.4, 0.5) is 5.88 Å². The van der Waals surface area contributed by atoms with Crippen molar-refractivity contribution in [2.45, 2.75) is 0 Å². The Morgan fingerprint density at radius 1 is 1.43 bits per heavy atom. The molecule has 1 aromatic carbocycles. The Kier molecular flexibility index (Phi) is 4.19. The second kappa shape index (κ2) is 6.06. The van der Waals surface area contributed by atoms with E-state index in [0.29, 0.717) is 0 Å². The van der Waals surface area contributed by atoms with Crippen LogP contribution in [0.1, 0.15) is 16.1 Å². The number of furan rings is 1. The van der Waals surface area contributed by atoms with E-state index in [2.05, 4.69) is 10.5 Å². The van der Waals surface area contributed by atoms with Gasteiger partial charge in [0.2, 0.25) is 0 Å². The maximum Gasteiger partial charge on any atom is 0.433 e. The van der Waals surface area contributed by atoms with Crippen LogP contribution < -0.4 is 5.43 Å². The maximum absolute atomic E-state index is 11.7. The Bertz CT molecular complexity index is 725. The summed E-state index contributed by atoms with van der Waals surface area (Å²) < 4.78 is 4.81. The fourth-order valence-electron chi connectivity index (χ4n) is 1.41. The molecule has 0 bridgehead atoms. The zero-order valence-corrected chi connectivity index (χ0v) is 11.1. The summed E-state index contributed by atoms with van der Waals surface area (Å²) in [4.78, 5) is 21.5. The third-order valence-corrected chi connectivity index (χ3v) is 2.59. The first kappa shape index (κ1) is 14.5. The number of amides is 1. The number of nitro groups is 1. The first-order chi connectivity index (χ1) is 9.97. The normalized spacial score (nSPS) is 10.7. The van der Waals surface area contributed by atoms with Crippen LogP contribution in [-0.2, 0) is 0 Å². The average molecular weight is 310 g/mol. The van der Waals surface area contributed by atoms with Crippen molar-refractivity contribution in [1.29, 1.82) is 0 Å². The quantitative estimate of drug-likeness (QED) is 0.510. The van der Waals surface area contributed by atoms with Gasteiger partial charge in [-0.1, -0.05) is 11.6 Å². The number of phenols is 1. The smallest absolute Gasteiger partial charge is 0.433 e. The van der Waals surface area contributed by atoms with E-state index in [1.165, 1.54) is 24.3 Å². The number of nitrogens with zero attached hydrogens (tertiary/aromatic N) is 2. The van der Waals surface area contributed by atoms with E-state index < -0.39 is 16.7 Å². The second-order valence-electron chi connectivity index (χ2n) is 3.79. The number of benzene rings is 1. The SMILES string of the molecule is O=C(NN=Cc1ccc([N+](=O)[O-])o1)c1cc(Cl)ccc1O. The minimum atomic E-state index is -0.695. The number of carbonyl (C=O) groups excluding carboxylic acids is 1. The lowest BCUT2D eigenvalue weighted by atomic mass is 10.2. The van der Waals surface area contributed by atoms with E-state index >= 15 is 0 Å². The van der Waals surface area contributed by atoms with Crippen LogP contribution in [0.5, 0.6) is 5.75 Å². The van der Waals surface area contributed by atoms with Gasteiger partial charge >= 0.3 is 5.88 Å². The van der Waals surface area contributed by atoms with Crippen molar-refractivity contribution < 1.29 is 19.2 Å². The molecule has 0 aliphatic rings. The standard InChI is InChI=1S/C12H8ClN3O5/c13-7-1-3-10(17)9(5-7)12(18)15-14-6-8-2-4-11(21-8)16(19)20/h1-6,17H,(H,15,18). The molecule has 21 heavy (non-hydrogen) atoms. The van der Waals surface area contributed by atoms with Gasteiger partial charge in [0.15, 0.2) is 5.76 Å². The lowest BCUT2D eigenvalue weighted by molar-refractivity contribution is -0.402. The lowest BCUT2D eigenvalue weighted by Crippen LogP contribution is -2.17. The Hall–Kier alpha value is -2.87. The number of carbonyl (C=O) groups is 1. The summed E-state index contributed by atoms with van der Waals surface area (Å²) in [6, 6.07) is 6.46. The van der Waals surface area contributed by atoms with Gasteiger partial charge in [0.25, 0.3) is 5.91 Å². The summed E-state index contributed by atoms with van der Waals surface area (Å²) >= 11 is 5.71. The molecule has 0 saturated carbocycles. The number of hydrogen-bond donors (Lipinski definition) is 2. The Balaban J connectivity index is 2.04. The largest absolute Gasteiger partial charge is 0.507 e. The highest BCUT2D eigenvalue weighted by molar-refractivity contribution is 6.31. The van der Waals surface area contributed by atoms with Gasteiger partial charge in [0, 0.05) is 5.02 Å². The van der Waals surface area contributed by atoms with Gasteiger partial charge in [-0.15, -0.1) is 0 Å².